The van der Waals surface area contributed by atoms with Gasteiger partial charge in [-0.25, -0.2) is 4.79 Å². The van der Waals surface area contributed by atoms with Crippen LogP contribution in [0.1, 0.15) is 57.2 Å². The van der Waals surface area contributed by atoms with Crippen molar-refractivity contribution in [2.24, 2.45) is 5.92 Å². The number of nitrogens with zero attached hydrogens (tertiary/aromatic N) is 1. The number of urea groups is 1. The van der Waals surface area contributed by atoms with Gasteiger partial charge in [0.15, 0.2) is 0 Å². The van der Waals surface area contributed by atoms with Gasteiger partial charge in [0, 0.05) is 42.4 Å². The van der Waals surface area contributed by atoms with E-state index in [-0.39, 0.29) is 36.2 Å². The normalized spacial score (nSPS) is 16.5. The van der Waals surface area contributed by atoms with Crippen LogP contribution < -0.4 is 10.6 Å². The third-order valence-corrected chi connectivity index (χ3v) is 5.80. The molecule has 0 unspecified atom stereocenters. The second kappa shape index (κ2) is 9.91. The highest BCUT2D eigenvalue weighted by Gasteiger charge is 2.26. The van der Waals surface area contributed by atoms with Crippen LogP contribution in [-0.4, -0.2) is 53.1 Å². The maximum absolute atomic E-state index is 12.3. The maximum Gasteiger partial charge on any atom is 0.317 e. The topological polar surface area (TPSA) is 98.7 Å². The van der Waals surface area contributed by atoms with Crippen LogP contribution in [-0.2, 0) is 9.59 Å². The smallest absolute Gasteiger partial charge is 0.317 e. The molecule has 1 saturated heterocycles. The number of aliphatic carboxylic acids is 1. The number of amides is 3. The molecule has 1 aromatic rings. The Morgan fingerprint density at radius 1 is 1.25 bits per heavy atom. The lowest BCUT2D eigenvalue weighted by Gasteiger charge is -2.34. The molecule has 0 aromatic carbocycles. The fourth-order valence-electron chi connectivity index (χ4n) is 3.30. The van der Waals surface area contributed by atoms with E-state index < -0.39 is 5.97 Å². The van der Waals surface area contributed by atoms with Crippen LogP contribution in [0.2, 0.25) is 0 Å². The lowest BCUT2D eigenvalue weighted by Crippen LogP contribution is -2.51. The third kappa shape index (κ3) is 7.50. The van der Waals surface area contributed by atoms with E-state index in [0.29, 0.717) is 25.6 Å². The van der Waals surface area contributed by atoms with Crippen molar-refractivity contribution in [1.82, 2.24) is 15.5 Å². The summed E-state index contributed by atoms with van der Waals surface area (Å²) in [7, 11) is 0. The Morgan fingerprint density at radius 2 is 1.93 bits per heavy atom. The Morgan fingerprint density at radius 3 is 2.46 bits per heavy atom. The first kappa shape index (κ1) is 22.2. The Hall–Kier alpha value is -2.09. The molecule has 0 aliphatic carbocycles. The highest BCUT2D eigenvalue weighted by atomic mass is 32.1. The number of carboxylic acids is 1. The third-order valence-electron chi connectivity index (χ3n) is 4.77. The van der Waals surface area contributed by atoms with Gasteiger partial charge >= 0.3 is 12.0 Å². The highest BCUT2D eigenvalue weighted by molar-refractivity contribution is 7.10. The fourth-order valence-corrected chi connectivity index (χ4v) is 4.13. The predicted molar refractivity (Wildman–Crippen MR) is 110 cm³/mol. The summed E-state index contributed by atoms with van der Waals surface area (Å²) < 4.78 is 0. The molecule has 1 aliphatic rings. The average Bonchev–Trinajstić information content (AvgIpc) is 3.12. The lowest BCUT2D eigenvalue weighted by atomic mass is 9.96. The van der Waals surface area contributed by atoms with Crippen LogP contribution in [0.5, 0.6) is 0 Å². The minimum Gasteiger partial charge on any atom is -0.481 e. The average molecular weight is 410 g/mol. The maximum atomic E-state index is 12.3. The molecule has 156 valence electrons. The van der Waals surface area contributed by atoms with Crippen molar-refractivity contribution in [3.8, 4) is 0 Å². The van der Waals surface area contributed by atoms with Gasteiger partial charge in [-0.2, -0.15) is 0 Å². The van der Waals surface area contributed by atoms with Gasteiger partial charge in [0.25, 0.3) is 0 Å². The summed E-state index contributed by atoms with van der Waals surface area (Å²) in [5.41, 5.74) is -0.253. The van der Waals surface area contributed by atoms with Gasteiger partial charge in [-0.15, -0.1) is 11.3 Å². The van der Waals surface area contributed by atoms with Gasteiger partial charge in [0.2, 0.25) is 5.91 Å². The molecule has 3 amide bonds. The van der Waals surface area contributed by atoms with Gasteiger partial charge in [-0.1, -0.05) is 6.07 Å². The molecule has 2 rings (SSSR count). The van der Waals surface area contributed by atoms with E-state index in [4.69, 9.17) is 5.11 Å². The van der Waals surface area contributed by atoms with Crippen molar-refractivity contribution in [3.05, 3.63) is 22.4 Å². The molecule has 0 bridgehead atoms. The van der Waals surface area contributed by atoms with Crippen molar-refractivity contribution >= 4 is 29.2 Å². The molecule has 1 atom stereocenters. The number of carboxylic acid groups (broad SMARTS) is 1. The molecule has 1 aliphatic heterocycles. The summed E-state index contributed by atoms with van der Waals surface area (Å²) in [5.74, 6) is -0.970. The van der Waals surface area contributed by atoms with E-state index >= 15 is 0 Å². The van der Waals surface area contributed by atoms with Gasteiger partial charge in [-0.05, 0) is 51.0 Å². The molecule has 7 nitrogen and oxygen atoms in total. The second-order valence-electron chi connectivity index (χ2n) is 8.43. The zero-order valence-electron chi connectivity index (χ0n) is 16.9. The summed E-state index contributed by atoms with van der Waals surface area (Å²) in [6.07, 6.45) is 1.83. The number of hydrogen-bond donors (Lipinski definition) is 3. The van der Waals surface area contributed by atoms with Crippen molar-refractivity contribution in [2.75, 3.05) is 19.6 Å². The Labute approximate surface area is 170 Å². The first-order chi connectivity index (χ1) is 13.1. The van der Waals surface area contributed by atoms with E-state index in [1.165, 1.54) is 11.3 Å². The molecular weight excluding hydrogens is 378 g/mol. The number of thiophene rings is 1. The van der Waals surface area contributed by atoms with Crippen LogP contribution in [0.15, 0.2) is 17.5 Å². The van der Waals surface area contributed by atoms with Crippen molar-refractivity contribution < 1.29 is 19.5 Å². The van der Waals surface area contributed by atoms with E-state index in [1.54, 1.807) is 0 Å². The van der Waals surface area contributed by atoms with Crippen molar-refractivity contribution in [3.63, 3.8) is 0 Å². The Kier molecular flexibility index (Phi) is 7.86. The van der Waals surface area contributed by atoms with E-state index in [1.807, 2.05) is 43.2 Å². The van der Waals surface area contributed by atoms with Crippen molar-refractivity contribution in [2.45, 2.75) is 57.9 Å². The van der Waals surface area contributed by atoms with Crippen molar-refractivity contribution in [1.29, 1.82) is 0 Å². The molecule has 2 heterocycles. The van der Waals surface area contributed by atoms with E-state index in [9.17, 15) is 14.4 Å². The Balaban J connectivity index is 1.74. The zero-order valence-corrected chi connectivity index (χ0v) is 17.7. The lowest BCUT2D eigenvalue weighted by molar-refractivity contribution is -0.137. The van der Waals surface area contributed by atoms with Gasteiger partial charge in [0.1, 0.15) is 0 Å². The van der Waals surface area contributed by atoms with Crippen LogP contribution in [0.25, 0.3) is 0 Å². The van der Waals surface area contributed by atoms with Crippen LogP contribution >= 0.6 is 11.3 Å². The number of carbonyl (C=O) groups is 3. The molecule has 0 radical (unpaired) electrons. The SMILES string of the molecule is CC(C)(C)NC(=O)N1CCC(CNC(=O)C[C@@H](CC(=O)O)c2cccs2)CC1. The van der Waals surface area contributed by atoms with Gasteiger partial charge < -0.3 is 20.6 Å². The Bertz CT molecular complexity index is 661. The molecular formula is C20H31N3O4S. The van der Waals surface area contributed by atoms with Crippen LogP contribution in [0.4, 0.5) is 4.79 Å². The monoisotopic (exact) mass is 409 g/mol. The quantitative estimate of drug-likeness (QED) is 0.645. The first-order valence-electron chi connectivity index (χ1n) is 9.73. The molecule has 1 aromatic heterocycles. The standard InChI is InChI=1S/C20H31N3O4S/c1-20(2,3)22-19(27)23-8-6-14(7-9-23)13-21-17(24)11-15(12-18(25)26)16-5-4-10-28-16/h4-5,10,14-15H,6-9,11-13H2,1-3H3,(H,21,24)(H,22,27)(H,25,26)/t15-/m0/s1. The number of likely N-dealkylation sites (tertiary alicyclic amines) is 1. The molecule has 0 saturated carbocycles. The van der Waals surface area contributed by atoms with Gasteiger partial charge in [0.05, 0.1) is 6.42 Å². The van der Waals surface area contributed by atoms with E-state index in [0.717, 1.165) is 17.7 Å². The summed E-state index contributed by atoms with van der Waals surface area (Å²) in [6, 6.07) is 3.71. The number of rotatable bonds is 7. The molecule has 8 heteroatoms. The van der Waals surface area contributed by atoms with Gasteiger partial charge in [-0.3, -0.25) is 9.59 Å². The zero-order chi connectivity index (χ0) is 20.7. The molecule has 3 N–H and O–H groups in total. The fraction of sp³-hybridized carbons (Fsp3) is 0.650. The number of nitrogens with one attached hydrogen (secondary N) is 2. The second-order valence-corrected chi connectivity index (χ2v) is 9.41. The number of piperidine rings is 1. The highest BCUT2D eigenvalue weighted by Crippen LogP contribution is 2.27. The largest absolute Gasteiger partial charge is 0.481 e. The minimum atomic E-state index is -0.896. The first-order valence-corrected chi connectivity index (χ1v) is 10.6. The predicted octanol–water partition coefficient (Wildman–Crippen LogP) is 3.03. The molecule has 28 heavy (non-hydrogen) atoms. The molecule has 1 fully saturated rings. The number of carbonyl (C=O) groups excluding carboxylic acids is 2. The summed E-state index contributed by atoms with van der Waals surface area (Å²) in [5, 5.41) is 16.9. The van der Waals surface area contributed by atoms with E-state index in [2.05, 4.69) is 10.6 Å². The number of hydrogen-bond acceptors (Lipinski definition) is 4. The minimum absolute atomic E-state index is 0.0394. The summed E-state index contributed by atoms with van der Waals surface area (Å²) >= 11 is 1.48. The summed E-state index contributed by atoms with van der Waals surface area (Å²) in [4.78, 5) is 38.4. The molecule has 0 spiro atoms. The summed E-state index contributed by atoms with van der Waals surface area (Å²) in [6.45, 7) is 7.80. The van der Waals surface area contributed by atoms with Crippen LogP contribution in [0, 0.1) is 5.92 Å². The van der Waals surface area contributed by atoms with Crippen LogP contribution in [0.3, 0.4) is 0 Å².